The summed E-state index contributed by atoms with van der Waals surface area (Å²) in [6.45, 7) is 4.04. The number of aromatic nitrogens is 2. The fourth-order valence-electron chi connectivity index (χ4n) is 2.17. The van der Waals surface area contributed by atoms with Crippen LogP contribution >= 0.6 is 0 Å². The molecule has 4 heteroatoms. The standard InChI is InChI=1S/C17H22N2O2/c1-3-4-5-9-12-17(20)21-16-13-14(2)18-19(16)15-10-7-6-8-11-15/h6-8,10-11,13H,3-5,9,12H2,1-2H3. The van der Waals surface area contributed by atoms with Gasteiger partial charge in [-0.2, -0.15) is 5.10 Å². The highest BCUT2D eigenvalue weighted by Gasteiger charge is 2.12. The number of esters is 1. The first-order valence-corrected chi connectivity index (χ1v) is 7.53. The summed E-state index contributed by atoms with van der Waals surface area (Å²) in [5.74, 6) is 0.294. The van der Waals surface area contributed by atoms with E-state index in [-0.39, 0.29) is 5.97 Å². The number of hydrogen-bond acceptors (Lipinski definition) is 3. The zero-order valence-electron chi connectivity index (χ0n) is 12.7. The molecule has 0 bridgehead atoms. The Balaban J connectivity index is 2.02. The van der Waals surface area contributed by atoms with Crippen LogP contribution in [0.25, 0.3) is 5.69 Å². The van der Waals surface area contributed by atoms with Gasteiger partial charge in [-0.25, -0.2) is 4.68 Å². The molecule has 4 nitrogen and oxygen atoms in total. The van der Waals surface area contributed by atoms with Crippen LogP contribution < -0.4 is 4.74 Å². The van der Waals surface area contributed by atoms with Gasteiger partial charge in [0, 0.05) is 12.5 Å². The topological polar surface area (TPSA) is 44.1 Å². The summed E-state index contributed by atoms with van der Waals surface area (Å²) in [7, 11) is 0. The Morgan fingerprint density at radius 3 is 2.67 bits per heavy atom. The maximum absolute atomic E-state index is 11.9. The predicted molar refractivity (Wildman–Crippen MR) is 82.7 cm³/mol. The molecule has 1 aromatic carbocycles. The van der Waals surface area contributed by atoms with Gasteiger partial charge in [0.1, 0.15) is 0 Å². The van der Waals surface area contributed by atoms with E-state index >= 15 is 0 Å². The van der Waals surface area contributed by atoms with Crippen LogP contribution in [-0.4, -0.2) is 15.7 Å². The van der Waals surface area contributed by atoms with Crippen molar-refractivity contribution >= 4 is 5.97 Å². The van der Waals surface area contributed by atoms with E-state index in [0.717, 1.165) is 37.1 Å². The van der Waals surface area contributed by atoms with Gasteiger partial charge in [-0.3, -0.25) is 4.79 Å². The monoisotopic (exact) mass is 286 g/mol. The van der Waals surface area contributed by atoms with E-state index in [0.29, 0.717) is 12.3 Å². The minimum absolute atomic E-state index is 0.191. The number of carbonyl (C=O) groups excluding carboxylic acids is 1. The molecule has 0 radical (unpaired) electrons. The molecular formula is C17H22N2O2. The molecule has 0 aliphatic carbocycles. The molecule has 1 aromatic heterocycles. The van der Waals surface area contributed by atoms with Crippen LogP contribution in [0.1, 0.15) is 44.7 Å². The molecule has 0 N–H and O–H groups in total. The van der Waals surface area contributed by atoms with Crippen LogP contribution in [0, 0.1) is 6.92 Å². The molecular weight excluding hydrogens is 264 g/mol. The van der Waals surface area contributed by atoms with Gasteiger partial charge >= 0.3 is 5.97 Å². The van der Waals surface area contributed by atoms with Crippen LogP contribution in [0.15, 0.2) is 36.4 Å². The maximum atomic E-state index is 11.9. The molecule has 2 aromatic rings. The molecule has 0 aliphatic rings. The molecule has 0 aliphatic heterocycles. The number of nitrogens with zero attached hydrogens (tertiary/aromatic N) is 2. The molecule has 0 fully saturated rings. The van der Waals surface area contributed by atoms with Crippen LogP contribution in [0.4, 0.5) is 0 Å². The Labute approximate surface area is 125 Å². The minimum atomic E-state index is -0.191. The van der Waals surface area contributed by atoms with E-state index in [1.165, 1.54) is 0 Å². The lowest BCUT2D eigenvalue weighted by atomic mass is 10.2. The molecule has 0 atom stereocenters. The maximum Gasteiger partial charge on any atom is 0.312 e. The number of carbonyl (C=O) groups is 1. The summed E-state index contributed by atoms with van der Waals surface area (Å²) < 4.78 is 7.13. The minimum Gasteiger partial charge on any atom is -0.407 e. The Kier molecular flexibility index (Phi) is 5.55. The summed E-state index contributed by atoms with van der Waals surface area (Å²) in [6, 6.07) is 11.5. The van der Waals surface area contributed by atoms with E-state index in [2.05, 4.69) is 12.0 Å². The number of unbranched alkanes of at least 4 members (excludes halogenated alkanes) is 3. The lowest BCUT2D eigenvalue weighted by molar-refractivity contribution is -0.134. The van der Waals surface area contributed by atoms with E-state index in [4.69, 9.17) is 4.74 Å². The third-order valence-corrected chi connectivity index (χ3v) is 3.25. The average Bonchev–Trinajstić information content (AvgIpc) is 2.85. The first-order valence-electron chi connectivity index (χ1n) is 7.53. The summed E-state index contributed by atoms with van der Waals surface area (Å²) in [5, 5.41) is 4.38. The van der Waals surface area contributed by atoms with Crippen LogP contribution in [-0.2, 0) is 4.79 Å². The lowest BCUT2D eigenvalue weighted by Crippen LogP contribution is -2.11. The van der Waals surface area contributed by atoms with Crippen LogP contribution in [0.5, 0.6) is 5.88 Å². The van der Waals surface area contributed by atoms with Crippen molar-refractivity contribution in [3.05, 3.63) is 42.1 Å². The highest BCUT2D eigenvalue weighted by Crippen LogP contribution is 2.19. The number of ether oxygens (including phenoxy) is 1. The molecule has 1 heterocycles. The Hall–Kier alpha value is -2.10. The fourth-order valence-corrected chi connectivity index (χ4v) is 2.17. The van der Waals surface area contributed by atoms with E-state index in [9.17, 15) is 4.79 Å². The second-order valence-electron chi connectivity index (χ2n) is 5.16. The molecule has 0 saturated carbocycles. The van der Waals surface area contributed by atoms with E-state index in [1.807, 2.05) is 37.3 Å². The smallest absolute Gasteiger partial charge is 0.312 e. The predicted octanol–water partition coefficient (Wildman–Crippen LogP) is 4.06. The number of rotatable bonds is 7. The largest absolute Gasteiger partial charge is 0.407 e. The lowest BCUT2D eigenvalue weighted by Gasteiger charge is -2.07. The molecule has 112 valence electrons. The average molecular weight is 286 g/mol. The number of para-hydroxylation sites is 1. The van der Waals surface area contributed by atoms with Gasteiger partial charge in [-0.15, -0.1) is 0 Å². The van der Waals surface area contributed by atoms with Crippen LogP contribution in [0.2, 0.25) is 0 Å². The van der Waals surface area contributed by atoms with Crippen molar-refractivity contribution in [2.24, 2.45) is 0 Å². The zero-order valence-corrected chi connectivity index (χ0v) is 12.7. The van der Waals surface area contributed by atoms with Gasteiger partial charge in [0.25, 0.3) is 0 Å². The summed E-state index contributed by atoms with van der Waals surface area (Å²) in [4.78, 5) is 11.9. The van der Waals surface area contributed by atoms with Gasteiger partial charge in [0.15, 0.2) is 0 Å². The van der Waals surface area contributed by atoms with Crippen LogP contribution in [0.3, 0.4) is 0 Å². The molecule has 2 rings (SSSR count). The molecule has 0 spiro atoms. The quantitative estimate of drug-likeness (QED) is 0.569. The van der Waals surface area contributed by atoms with Gasteiger partial charge in [0.05, 0.1) is 11.4 Å². The van der Waals surface area contributed by atoms with Gasteiger partial charge in [-0.1, -0.05) is 44.4 Å². The van der Waals surface area contributed by atoms with E-state index < -0.39 is 0 Å². The van der Waals surface area contributed by atoms with Crippen molar-refractivity contribution in [3.63, 3.8) is 0 Å². The third-order valence-electron chi connectivity index (χ3n) is 3.25. The first-order chi connectivity index (χ1) is 10.2. The van der Waals surface area contributed by atoms with Crippen molar-refractivity contribution in [3.8, 4) is 11.6 Å². The number of benzene rings is 1. The van der Waals surface area contributed by atoms with Crippen molar-refractivity contribution in [2.75, 3.05) is 0 Å². The van der Waals surface area contributed by atoms with Gasteiger partial charge in [0.2, 0.25) is 5.88 Å². The molecule has 0 amide bonds. The molecule has 21 heavy (non-hydrogen) atoms. The summed E-state index contributed by atoms with van der Waals surface area (Å²) >= 11 is 0. The number of hydrogen-bond donors (Lipinski definition) is 0. The Morgan fingerprint density at radius 2 is 1.95 bits per heavy atom. The SMILES string of the molecule is CCCCCCC(=O)Oc1cc(C)nn1-c1ccccc1. The first kappa shape index (κ1) is 15.3. The van der Waals surface area contributed by atoms with Gasteiger partial charge < -0.3 is 4.74 Å². The van der Waals surface area contributed by atoms with E-state index in [1.54, 1.807) is 10.7 Å². The van der Waals surface area contributed by atoms with Crippen molar-refractivity contribution < 1.29 is 9.53 Å². The Bertz CT molecular complexity index is 576. The second-order valence-corrected chi connectivity index (χ2v) is 5.16. The van der Waals surface area contributed by atoms with Gasteiger partial charge in [-0.05, 0) is 25.5 Å². The normalized spacial score (nSPS) is 10.6. The number of aryl methyl sites for hydroxylation is 1. The molecule has 0 saturated heterocycles. The zero-order chi connectivity index (χ0) is 15.1. The highest BCUT2D eigenvalue weighted by atomic mass is 16.5. The third kappa shape index (κ3) is 4.45. The fraction of sp³-hybridized carbons (Fsp3) is 0.412. The Morgan fingerprint density at radius 1 is 1.19 bits per heavy atom. The van der Waals surface area contributed by atoms with Crippen molar-refractivity contribution in [1.82, 2.24) is 9.78 Å². The summed E-state index contributed by atoms with van der Waals surface area (Å²) in [5.41, 5.74) is 1.71. The summed E-state index contributed by atoms with van der Waals surface area (Å²) in [6.07, 6.45) is 4.73. The van der Waals surface area contributed by atoms with Crippen molar-refractivity contribution in [2.45, 2.75) is 46.0 Å². The second kappa shape index (κ2) is 7.62. The van der Waals surface area contributed by atoms with Crippen molar-refractivity contribution in [1.29, 1.82) is 0 Å². The highest BCUT2D eigenvalue weighted by molar-refractivity contribution is 5.72. The molecule has 0 unspecified atom stereocenters.